The van der Waals surface area contributed by atoms with Crippen molar-refractivity contribution in [2.45, 2.75) is 90.0 Å². The second kappa shape index (κ2) is 12.5. The van der Waals surface area contributed by atoms with Gasteiger partial charge in [-0.25, -0.2) is 19.6 Å². The highest BCUT2D eigenvalue weighted by Gasteiger charge is 2.50. The number of ether oxygens (including phenoxy) is 4. The lowest BCUT2D eigenvalue weighted by Crippen LogP contribution is -2.57. The van der Waals surface area contributed by atoms with E-state index in [-0.39, 0.29) is 25.0 Å². The third-order valence-electron chi connectivity index (χ3n) is 9.97. The van der Waals surface area contributed by atoms with Crippen molar-refractivity contribution in [3.63, 3.8) is 0 Å². The van der Waals surface area contributed by atoms with Crippen LogP contribution in [-0.2, 0) is 19.1 Å². The number of hydrogen-bond acceptors (Lipinski definition) is 9. The summed E-state index contributed by atoms with van der Waals surface area (Å²) in [6, 6.07) is 3.68. The van der Waals surface area contributed by atoms with Crippen molar-refractivity contribution >= 4 is 35.1 Å². The number of alkyl carbamates (subject to hydrolysis) is 1. The van der Waals surface area contributed by atoms with E-state index in [4.69, 9.17) is 28.9 Å². The van der Waals surface area contributed by atoms with Crippen molar-refractivity contribution < 1.29 is 33.3 Å². The summed E-state index contributed by atoms with van der Waals surface area (Å²) in [4.78, 5) is 51.7. The molecule has 4 aliphatic rings. The predicted molar refractivity (Wildman–Crippen MR) is 166 cm³/mol. The molecule has 7 unspecified atom stereocenters. The van der Waals surface area contributed by atoms with E-state index in [9.17, 15) is 14.4 Å². The number of fused-ring (bicyclic) bond motifs is 9. The van der Waals surface area contributed by atoms with Gasteiger partial charge in [-0.05, 0) is 79.9 Å². The van der Waals surface area contributed by atoms with Crippen LogP contribution in [-0.4, -0.2) is 77.9 Å². The molecule has 45 heavy (non-hydrogen) atoms. The van der Waals surface area contributed by atoms with Crippen molar-refractivity contribution in [1.29, 1.82) is 0 Å². The van der Waals surface area contributed by atoms with Gasteiger partial charge in [0.1, 0.15) is 35.7 Å². The first-order valence-electron chi connectivity index (χ1n) is 16.1. The van der Waals surface area contributed by atoms with Crippen LogP contribution in [0, 0.1) is 23.2 Å². The van der Waals surface area contributed by atoms with Gasteiger partial charge in [-0.3, -0.25) is 4.79 Å². The Hall–Kier alpha value is -3.89. The molecule has 0 radical (unpaired) electrons. The van der Waals surface area contributed by atoms with Crippen LogP contribution >= 0.6 is 0 Å². The number of methoxy groups -OCH3 is 2. The van der Waals surface area contributed by atoms with Gasteiger partial charge < -0.3 is 29.2 Å². The van der Waals surface area contributed by atoms with Crippen molar-refractivity contribution in [2.75, 3.05) is 20.8 Å². The van der Waals surface area contributed by atoms with Crippen LogP contribution < -0.4 is 14.8 Å². The predicted octanol–water partition coefficient (Wildman–Crippen LogP) is 4.91. The molecule has 2 aliphatic heterocycles. The molecule has 1 aromatic carbocycles. The number of benzene rings is 1. The maximum Gasteiger partial charge on any atom is 0.408 e. The van der Waals surface area contributed by atoms with Crippen LogP contribution in [0.2, 0.25) is 0 Å². The monoisotopic (exact) mass is 620 g/mol. The first-order chi connectivity index (χ1) is 21.5. The largest absolute Gasteiger partial charge is 0.497 e. The van der Waals surface area contributed by atoms with Gasteiger partial charge in [-0.15, -0.1) is 0 Å². The standard InChI is InChI=1S/C34H44N4O7/c1-34(2,3)29-31(39)38-18-22(17-27(38)32(40)43-5)44-30-25(35-24-14-13-21(42-4)16-26(24)36-30)10-8-6-7-9-23-19-11-12-20(15-19)28(23)45-33(41)37-29/h8,10,13-14,16,19-20,22-23,27-29H,6-7,9,11-12,15,17-18H2,1-5H3,(H,37,41). The molecule has 2 aliphatic carbocycles. The van der Waals surface area contributed by atoms with Gasteiger partial charge in [-0.1, -0.05) is 26.8 Å². The number of nitrogens with zero attached hydrogens (tertiary/aromatic N) is 3. The molecule has 1 saturated heterocycles. The lowest BCUT2D eigenvalue weighted by molar-refractivity contribution is -0.152. The fourth-order valence-electron chi connectivity index (χ4n) is 7.70. The van der Waals surface area contributed by atoms with Gasteiger partial charge in [0.05, 0.1) is 31.8 Å². The normalized spacial score (nSPS) is 30.4. The number of carbonyl (C=O) groups is 3. The average molecular weight is 621 g/mol. The number of esters is 1. The molecule has 11 nitrogen and oxygen atoms in total. The summed E-state index contributed by atoms with van der Waals surface area (Å²) in [6.45, 7) is 5.77. The van der Waals surface area contributed by atoms with Crippen molar-refractivity contribution in [2.24, 2.45) is 23.2 Å². The highest BCUT2D eigenvalue weighted by atomic mass is 16.6. The lowest BCUT2D eigenvalue weighted by atomic mass is 9.83. The minimum atomic E-state index is -0.932. The molecular formula is C34H44N4O7. The SMILES string of the molecule is COC(=O)C1CC2CN1C(=O)C(C(C)(C)C)NC(=O)OC1C3CCC(C3)C1CCCC=Cc1nc3ccc(OC)cc3nc1O2. The number of rotatable bonds is 2. The number of allylic oxidation sites excluding steroid dienone is 1. The summed E-state index contributed by atoms with van der Waals surface area (Å²) in [5, 5.41) is 2.90. The first kappa shape index (κ1) is 31.1. The molecule has 2 aromatic rings. The van der Waals surface area contributed by atoms with Gasteiger partial charge in [-0.2, -0.15) is 0 Å². The van der Waals surface area contributed by atoms with Crippen molar-refractivity contribution in [3.8, 4) is 11.6 Å². The quantitative estimate of drug-likeness (QED) is 0.466. The van der Waals surface area contributed by atoms with E-state index in [0.717, 1.165) is 32.1 Å². The molecule has 0 spiro atoms. The molecule has 4 bridgehead atoms. The number of carbonyl (C=O) groups excluding carboxylic acids is 3. The molecule has 2 saturated carbocycles. The van der Waals surface area contributed by atoms with E-state index in [0.29, 0.717) is 46.1 Å². The average Bonchev–Trinajstić information content (AvgIpc) is 3.74. The Labute approximate surface area is 264 Å². The van der Waals surface area contributed by atoms with E-state index in [2.05, 4.69) is 11.4 Å². The number of nitrogens with one attached hydrogen (secondary N) is 1. The van der Waals surface area contributed by atoms with Gasteiger partial charge in [0.25, 0.3) is 0 Å². The minimum Gasteiger partial charge on any atom is -0.497 e. The third-order valence-corrected chi connectivity index (χ3v) is 9.97. The molecular weight excluding hydrogens is 576 g/mol. The second-order valence-electron chi connectivity index (χ2n) is 13.9. The van der Waals surface area contributed by atoms with E-state index < -0.39 is 35.7 Å². The van der Waals surface area contributed by atoms with Crippen LogP contribution in [0.3, 0.4) is 0 Å². The van der Waals surface area contributed by atoms with Crippen LogP contribution in [0.25, 0.3) is 17.1 Å². The van der Waals surface area contributed by atoms with Crippen molar-refractivity contribution in [3.05, 3.63) is 30.0 Å². The van der Waals surface area contributed by atoms with Gasteiger partial charge in [0.2, 0.25) is 11.8 Å². The summed E-state index contributed by atoms with van der Waals surface area (Å²) >= 11 is 0. The molecule has 7 atom stereocenters. The summed E-state index contributed by atoms with van der Waals surface area (Å²) < 4.78 is 23.1. The Bertz CT molecular complexity index is 1490. The summed E-state index contributed by atoms with van der Waals surface area (Å²) in [6.07, 6.45) is 8.94. The molecule has 1 N–H and O–H groups in total. The summed E-state index contributed by atoms with van der Waals surface area (Å²) in [7, 11) is 2.89. The molecule has 3 heterocycles. The zero-order valence-electron chi connectivity index (χ0n) is 26.8. The highest BCUT2D eigenvalue weighted by Crippen LogP contribution is 2.51. The number of aromatic nitrogens is 2. The summed E-state index contributed by atoms with van der Waals surface area (Å²) in [5.74, 6) is 1.23. The zero-order valence-corrected chi connectivity index (χ0v) is 26.8. The van der Waals surface area contributed by atoms with E-state index >= 15 is 0 Å². The smallest absolute Gasteiger partial charge is 0.408 e. The van der Waals surface area contributed by atoms with Crippen LogP contribution in [0.1, 0.15) is 71.4 Å². The van der Waals surface area contributed by atoms with E-state index in [1.807, 2.05) is 39.0 Å². The first-order valence-corrected chi connectivity index (χ1v) is 16.1. The van der Waals surface area contributed by atoms with Crippen LogP contribution in [0.15, 0.2) is 24.3 Å². The fraction of sp³-hybridized carbons (Fsp3) is 0.618. The van der Waals surface area contributed by atoms with Gasteiger partial charge in [0.15, 0.2) is 0 Å². The maximum atomic E-state index is 14.2. The topological polar surface area (TPSA) is 129 Å². The zero-order chi connectivity index (χ0) is 31.9. The second-order valence-corrected chi connectivity index (χ2v) is 13.9. The Morgan fingerprint density at radius 3 is 2.58 bits per heavy atom. The highest BCUT2D eigenvalue weighted by molar-refractivity contribution is 5.91. The van der Waals surface area contributed by atoms with E-state index in [1.165, 1.54) is 18.4 Å². The van der Waals surface area contributed by atoms with Crippen LogP contribution in [0.4, 0.5) is 4.79 Å². The van der Waals surface area contributed by atoms with Gasteiger partial charge >= 0.3 is 12.1 Å². The van der Waals surface area contributed by atoms with E-state index in [1.54, 1.807) is 13.2 Å². The number of amides is 2. The third kappa shape index (κ3) is 6.31. The maximum absolute atomic E-state index is 14.2. The summed E-state index contributed by atoms with van der Waals surface area (Å²) in [5.41, 5.74) is 1.23. The Morgan fingerprint density at radius 2 is 1.82 bits per heavy atom. The molecule has 3 fully saturated rings. The fourth-order valence-corrected chi connectivity index (χ4v) is 7.70. The molecule has 242 valence electrons. The number of hydrogen-bond donors (Lipinski definition) is 1. The minimum absolute atomic E-state index is 0.108. The molecule has 6 rings (SSSR count). The Morgan fingerprint density at radius 1 is 1.02 bits per heavy atom. The van der Waals surface area contributed by atoms with Crippen LogP contribution in [0.5, 0.6) is 11.6 Å². The van der Waals surface area contributed by atoms with Crippen molar-refractivity contribution in [1.82, 2.24) is 20.2 Å². The molecule has 2 amide bonds. The lowest BCUT2D eigenvalue weighted by Gasteiger charge is -2.36. The Balaban J connectivity index is 1.37. The molecule has 1 aromatic heterocycles. The Kier molecular flexibility index (Phi) is 8.63. The molecule has 11 heteroatoms. The van der Waals surface area contributed by atoms with Gasteiger partial charge in [0, 0.05) is 12.5 Å².